The Morgan fingerprint density at radius 2 is 2.09 bits per heavy atom. The Morgan fingerprint density at radius 3 is 2.74 bits per heavy atom. The highest BCUT2D eigenvalue weighted by molar-refractivity contribution is 7.91. The van der Waals surface area contributed by atoms with E-state index in [0.29, 0.717) is 46.1 Å². The van der Waals surface area contributed by atoms with Gasteiger partial charge in [0.1, 0.15) is 5.69 Å². The van der Waals surface area contributed by atoms with E-state index < -0.39 is 9.84 Å². The smallest absolute Gasteiger partial charge is 0.252 e. The fourth-order valence-corrected chi connectivity index (χ4v) is 7.68. The largest absolute Gasteiger partial charge is 0.463 e. The number of aryl methyl sites for hydroxylation is 1. The second-order valence-electron chi connectivity index (χ2n) is 10.9. The van der Waals surface area contributed by atoms with E-state index in [0.717, 1.165) is 19.3 Å². The predicted octanol–water partition coefficient (Wildman–Crippen LogP) is 4.30. The number of hydrogen-bond acceptors (Lipinski definition) is 6. The number of nitrogens with zero attached hydrogens (tertiary/aromatic N) is 3. The minimum Gasteiger partial charge on any atom is -0.463 e. The fourth-order valence-electron chi connectivity index (χ4n) is 5.98. The van der Waals surface area contributed by atoms with Crippen molar-refractivity contribution in [3.8, 4) is 11.5 Å². The molecule has 1 aliphatic heterocycles. The fraction of sp³-hybridized carbons (Fsp3) is 0.560. The zero-order valence-electron chi connectivity index (χ0n) is 20.2. The van der Waals surface area contributed by atoms with Gasteiger partial charge in [0, 0.05) is 6.04 Å². The highest BCUT2D eigenvalue weighted by atomic mass is 32.2. The van der Waals surface area contributed by atoms with Crippen molar-refractivity contribution in [3.05, 3.63) is 35.7 Å². The molecule has 5 rings (SSSR count). The van der Waals surface area contributed by atoms with Crippen molar-refractivity contribution in [2.24, 2.45) is 11.3 Å². The lowest BCUT2D eigenvalue weighted by molar-refractivity contribution is 0.0875. The number of furan rings is 1. The summed E-state index contributed by atoms with van der Waals surface area (Å²) in [5, 5.41) is 8.61. The summed E-state index contributed by atoms with van der Waals surface area (Å²) in [5.74, 6) is 1.11. The molecule has 0 radical (unpaired) electrons. The molecule has 1 N–H and O–H groups in total. The van der Waals surface area contributed by atoms with Gasteiger partial charge < -0.3 is 9.73 Å². The maximum atomic E-state index is 13.6. The first-order valence-electron chi connectivity index (χ1n) is 12.0. The van der Waals surface area contributed by atoms with Crippen LogP contribution in [0.2, 0.25) is 0 Å². The molecule has 9 heteroatoms. The van der Waals surface area contributed by atoms with Gasteiger partial charge in [-0.05, 0) is 62.1 Å². The third-order valence-corrected chi connectivity index (χ3v) is 8.88. The average molecular weight is 485 g/mol. The summed E-state index contributed by atoms with van der Waals surface area (Å²) in [6, 6.07) is 5.14. The zero-order chi connectivity index (χ0) is 24.3. The number of fused-ring (bicyclic) bond motifs is 1. The second kappa shape index (κ2) is 8.22. The summed E-state index contributed by atoms with van der Waals surface area (Å²) in [4.78, 5) is 18.4. The molecule has 0 spiro atoms. The van der Waals surface area contributed by atoms with Crippen LogP contribution in [0.15, 0.2) is 28.9 Å². The van der Waals surface area contributed by atoms with E-state index >= 15 is 0 Å². The molecule has 34 heavy (non-hydrogen) atoms. The SMILES string of the molecule is Cc1nn(C2CCS(=O)(=O)C2)c2nc(-c3ccco3)cc(C(=O)NC3CC(C)CC(C)(C)C3)c12. The van der Waals surface area contributed by atoms with Crippen LogP contribution in [0.4, 0.5) is 0 Å². The number of sulfone groups is 1. The lowest BCUT2D eigenvalue weighted by Crippen LogP contribution is -2.43. The molecule has 3 aromatic rings. The highest BCUT2D eigenvalue weighted by Gasteiger charge is 2.35. The molecular weight excluding hydrogens is 452 g/mol. The average Bonchev–Trinajstić information content (AvgIpc) is 3.45. The van der Waals surface area contributed by atoms with Gasteiger partial charge in [0.25, 0.3) is 5.91 Å². The minimum atomic E-state index is -3.10. The van der Waals surface area contributed by atoms with Crippen molar-refractivity contribution >= 4 is 26.8 Å². The molecule has 4 heterocycles. The number of carbonyl (C=O) groups is 1. The zero-order valence-corrected chi connectivity index (χ0v) is 21.0. The van der Waals surface area contributed by atoms with Gasteiger partial charge in [-0.3, -0.25) is 4.79 Å². The maximum absolute atomic E-state index is 13.6. The molecule has 2 aliphatic rings. The molecule has 182 valence electrons. The number of carbonyl (C=O) groups excluding carboxylic acids is 1. The first-order valence-corrected chi connectivity index (χ1v) is 13.8. The minimum absolute atomic E-state index is 0.0342. The van der Waals surface area contributed by atoms with Gasteiger partial charge in [0.15, 0.2) is 21.2 Å². The summed E-state index contributed by atoms with van der Waals surface area (Å²) in [6.07, 6.45) is 5.09. The van der Waals surface area contributed by atoms with Crippen LogP contribution in [0.1, 0.15) is 68.5 Å². The third kappa shape index (κ3) is 4.37. The van der Waals surface area contributed by atoms with Crippen LogP contribution in [0.25, 0.3) is 22.5 Å². The molecule has 1 saturated carbocycles. The summed E-state index contributed by atoms with van der Waals surface area (Å²) >= 11 is 0. The van der Waals surface area contributed by atoms with Crippen LogP contribution in [-0.4, -0.2) is 46.6 Å². The van der Waals surface area contributed by atoms with Crippen LogP contribution in [0, 0.1) is 18.3 Å². The molecule has 8 nitrogen and oxygen atoms in total. The lowest BCUT2D eigenvalue weighted by Gasteiger charge is -2.39. The van der Waals surface area contributed by atoms with Gasteiger partial charge in [-0.25, -0.2) is 18.1 Å². The molecule has 3 atom stereocenters. The molecule has 2 fully saturated rings. The molecule has 0 bridgehead atoms. The molecule has 3 unspecified atom stereocenters. The van der Waals surface area contributed by atoms with Gasteiger partial charge in [0.05, 0.1) is 40.5 Å². The van der Waals surface area contributed by atoms with Gasteiger partial charge in [-0.15, -0.1) is 0 Å². The van der Waals surface area contributed by atoms with E-state index in [1.807, 2.05) is 6.92 Å². The lowest BCUT2D eigenvalue weighted by atomic mass is 9.70. The van der Waals surface area contributed by atoms with E-state index in [1.165, 1.54) is 0 Å². The van der Waals surface area contributed by atoms with Gasteiger partial charge in [-0.1, -0.05) is 20.8 Å². The Bertz CT molecular complexity index is 1340. The van der Waals surface area contributed by atoms with Crippen molar-refractivity contribution < 1.29 is 17.6 Å². The number of nitrogens with one attached hydrogen (secondary N) is 1. The molecule has 1 amide bonds. The summed E-state index contributed by atoms with van der Waals surface area (Å²) in [6.45, 7) is 8.60. The molecular formula is C25H32N4O4S. The number of aromatic nitrogens is 3. The van der Waals surface area contributed by atoms with Crippen molar-refractivity contribution in [1.82, 2.24) is 20.1 Å². The Hall–Kier alpha value is -2.68. The van der Waals surface area contributed by atoms with Crippen LogP contribution >= 0.6 is 0 Å². The van der Waals surface area contributed by atoms with Crippen LogP contribution in [0.5, 0.6) is 0 Å². The van der Waals surface area contributed by atoms with Gasteiger partial charge in [0.2, 0.25) is 0 Å². The van der Waals surface area contributed by atoms with E-state index in [4.69, 9.17) is 9.40 Å². The van der Waals surface area contributed by atoms with Gasteiger partial charge >= 0.3 is 0 Å². The normalized spacial score (nSPS) is 26.1. The Kier molecular flexibility index (Phi) is 5.58. The van der Waals surface area contributed by atoms with E-state index in [9.17, 15) is 13.2 Å². The number of hydrogen-bond donors (Lipinski definition) is 1. The van der Waals surface area contributed by atoms with E-state index in [-0.39, 0.29) is 34.9 Å². The van der Waals surface area contributed by atoms with Crippen LogP contribution in [-0.2, 0) is 9.84 Å². The standard InChI is InChI=1S/C25H32N4O4S/c1-15-10-17(13-25(3,4)12-15)26-24(30)19-11-20(21-6-5-8-33-21)27-23-22(19)16(2)28-29(23)18-7-9-34(31,32)14-18/h5-6,8,11,15,17-18H,7,9-10,12-14H2,1-4H3,(H,26,30). The Morgan fingerprint density at radius 1 is 1.29 bits per heavy atom. The molecule has 1 aliphatic carbocycles. The topological polar surface area (TPSA) is 107 Å². The van der Waals surface area contributed by atoms with Crippen molar-refractivity contribution in [2.45, 2.75) is 65.5 Å². The quantitative estimate of drug-likeness (QED) is 0.592. The number of pyridine rings is 1. The second-order valence-corrected chi connectivity index (χ2v) is 13.1. The van der Waals surface area contributed by atoms with Crippen LogP contribution in [0.3, 0.4) is 0 Å². The monoisotopic (exact) mass is 484 g/mol. The van der Waals surface area contributed by atoms with E-state index in [2.05, 4.69) is 31.2 Å². The predicted molar refractivity (Wildman–Crippen MR) is 130 cm³/mol. The molecule has 3 aromatic heterocycles. The molecule has 1 saturated heterocycles. The maximum Gasteiger partial charge on any atom is 0.252 e. The third-order valence-electron chi connectivity index (χ3n) is 7.13. The highest BCUT2D eigenvalue weighted by Crippen LogP contribution is 2.39. The van der Waals surface area contributed by atoms with Crippen molar-refractivity contribution in [3.63, 3.8) is 0 Å². The summed E-state index contributed by atoms with van der Waals surface area (Å²) in [7, 11) is -3.10. The van der Waals surface area contributed by atoms with Gasteiger partial charge in [-0.2, -0.15) is 5.10 Å². The Labute approximate surface area is 200 Å². The Balaban J connectivity index is 1.58. The van der Waals surface area contributed by atoms with E-state index in [1.54, 1.807) is 29.1 Å². The van der Waals surface area contributed by atoms with Crippen molar-refractivity contribution in [2.75, 3.05) is 11.5 Å². The summed E-state index contributed by atoms with van der Waals surface area (Å²) in [5.41, 5.74) is 2.40. The number of rotatable bonds is 4. The number of amides is 1. The van der Waals surface area contributed by atoms with Crippen molar-refractivity contribution in [1.29, 1.82) is 0 Å². The summed E-state index contributed by atoms with van der Waals surface area (Å²) < 4.78 is 31.6. The van der Waals surface area contributed by atoms with Crippen LogP contribution < -0.4 is 5.32 Å². The first-order chi connectivity index (χ1) is 16.0. The first kappa shape index (κ1) is 23.1. The molecule has 0 aromatic carbocycles.